The van der Waals surface area contributed by atoms with Gasteiger partial charge in [-0.15, -0.1) is 0 Å². The van der Waals surface area contributed by atoms with E-state index >= 15 is 0 Å². The first-order chi connectivity index (χ1) is 55.9. The fraction of sp³-hybridized carbons (Fsp3) is 0.958. The molecule has 684 valence electrons. The Hall–Kier alpha value is -1.94. The first-order valence-electron chi connectivity index (χ1n) is 49.6. The van der Waals surface area contributed by atoms with Crippen LogP contribution in [0.2, 0.25) is 0 Å². The number of phosphoric ester groups is 2. The van der Waals surface area contributed by atoms with E-state index in [1.807, 2.05) is 0 Å². The molecule has 0 spiro atoms. The molecule has 0 amide bonds. The van der Waals surface area contributed by atoms with Gasteiger partial charge in [-0.05, 0) is 37.5 Å². The predicted molar refractivity (Wildman–Crippen MR) is 478 cm³/mol. The summed E-state index contributed by atoms with van der Waals surface area (Å²) >= 11 is 0. The zero-order valence-electron chi connectivity index (χ0n) is 76.1. The van der Waals surface area contributed by atoms with Crippen molar-refractivity contribution in [2.45, 2.75) is 541 Å². The SMILES string of the molecule is CCCCCCCCCCCCCCCCCCCCCCCCC(=O)OC[C@H](COP(=O)(O)OC[C@@H](O)COP(=O)(O)OC[C@@H](COC(=O)CCCCCCCCC(C)CC)OC(=O)CCCCCCCCCCCCCCCCCCCCCCC)OC(=O)CCCCCCCCCCCCCCCCCCCCC(C)CC. The van der Waals surface area contributed by atoms with E-state index in [-0.39, 0.29) is 25.7 Å². The van der Waals surface area contributed by atoms with Crippen LogP contribution >= 0.6 is 15.6 Å². The molecule has 0 aromatic carbocycles. The van der Waals surface area contributed by atoms with Crippen LogP contribution in [0.4, 0.5) is 0 Å². The quantitative estimate of drug-likeness (QED) is 0.0222. The molecule has 17 nitrogen and oxygen atoms in total. The van der Waals surface area contributed by atoms with Crippen molar-refractivity contribution in [1.29, 1.82) is 0 Å². The standard InChI is InChI=1S/C96H188O17P2/c1-7-11-13-15-17-19-21-23-25-27-29-31-33-34-39-43-47-51-55-59-66-72-78-93(98)106-84-91(112-95(100)80-74-68-61-57-53-49-45-41-37-36-38-42-46-50-54-58-64-70-76-88(5)9-3)86-110-114(102,103)108-82-90(97)83-109-115(104,105)111-87-92(85-107-94(99)79-73-67-63-62-65-71-77-89(6)10-4)113-96(101)81-75-69-60-56-52-48-44-40-35-32-30-28-26-24-22-20-18-16-14-12-8-2/h88-92,97H,7-87H2,1-6H3,(H,102,103)(H,104,105)/t88?,89?,90-,91-,92-/m1/s1. The number of aliphatic hydroxyl groups excluding tert-OH is 1. The molecule has 0 fully saturated rings. The van der Waals surface area contributed by atoms with E-state index in [4.69, 9.17) is 37.0 Å². The van der Waals surface area contributed by atoms with Gasteiger partial charge in [0.2, 0.25) is 0 Å². The van der Waals surface area contributed by atoms with Crippen LogP contribution in [0.3, 0.4) is 0 Å². The van der Waals surface area contributed by atoms with E-state index in [1.165, 1.54) is 334 Å². The Kier molecular flexibility index (Phi) is 85.5. The van der Waals surface area contributed by atoms with Crippen LogP contribution < -0.4 is 0 Å². The molecular weight excluding hydrogens is 1490 g/mol. The Bertz CT molecular complexity index is 2190. The molecule has 0 radical (unpaired) electrons. The summed E-state index contributed by atoms with van der Waals surface area (Å²) in [6.45, 7) is 9.75. The summed E-state index contributed by atoms with van der Waals surface area (Å²) in [4.78, 5) is 73.5. The number of rotatable bonds is 95. The highest BCUT2D eigenvalue weighted by Gasteiger charge is 2.31. The largest absolute Gasteiger partial charge is 0.472 e. The van der Waals surface area contributed by atoms with Gasteiger partial charge in [0.1, 0.15) is 19.3 Å². The van der Waals surface area contributed by atoms with E-state index < -0.39 is 97.5 Å². The lowest BCUT2D eigenvalue weighted by molar-refractivity contribution is -0.161. The first kappa shape index (κ1) is 113. The molecule has 115 heavy (non-hydrogen) atoms. The summed E-state index contributed by atoms with van der Waals surface area (Å²) in [6.07, 6.45) is 83.7. The third-order valence-electron chi connectivity index (χ3n) is 23.4. The first-order valence-corrected chi connectivity index (χ1v) is 52.6. The zero-order valence-corrected chi connectivity index (χ0v) is 77.9. The van der Waals surface area contributed by atoms with Crippen molar-refractivity contribution in [3.05, 3.63) is 0 Å². The Morgan fingerprint density at radius 1 is 0.243 bits per heavy atom. The van der Waals surface area contributed by atoms with Gasteiger partial charge in [-0.1, -0.05) is 472 Å². The van der Waals surface area contributed by atoms with Crippen LogP contribution in [-0.4, -0.2) is 96.7 Å². The highest BCUT2D eigenvalue weighted by Crippen LogP contribution is 2.45. The number of unbranched alkanes of at least 4 members (excludes halogenated alkanes) is 63. The number of carbonyl (C=O) groups excluding carboxylic acids is 4. The maximum Gasteiger partial charge on any atom is 0.472 e. The molecule has 3 N–H and O–H groups in total. The van der Waals surface area contributed by atoms with Crippen molar-refractivity contribution in [3.63, 3.8) is 0 Å². The van der Waals surface area contributed by atoms with Gasteiger partial charge in [0, 0.05) is 25.7 Å². The van der Waals surface area contributed by atoms with Crippen LogP contribution in [0.15, 0.2) is 0 Å². The third kappa shape index (κ3) is 86.8. The average Bonchev–Trinajstić information content (AvgIpc) is 0.899. The van der Waals surface area contributed by atoms with E-state index in [0.29, 0.717) is 25.7 Å². The Morgan fingerprint density at radius 2 is 0.417 bits per heavy atom. The Labute approximate surface area is 708 Å². The summed E-state index contributed by atoms with van der Waals surface area (Å²) < 4.78 is 69.2. The number of phosphoric acid groups is 2. The van der Waals surface area contributed by atoms with Crippen molar-refractivity contribution in [3.8, 4) is 0 Å². The van der Waals surface area contributed by atoms with E-state index in [9.17, 15) is 43.2 Å². The van der Waals surface area contributed by atoms with Gasteiger partial charge in [0.15, 0.2) is 12.2 Å². The molecule has 0 bridgehead atoms. The second kappa shape index (κ2) is 87.0. The summed E-state index contributed by atoms with van der Waals surface area (Å²) in [5.74, 6) is -0.492. The van der Waals surface area contributed by atoms with Crippen molar-refractivity contribution in [2.24, 2.45) is 11.8 Å². The molecular formula is C96H188O17P2. The van der Waals surface area contributed by atoms with E-state index in [0.717, 1.165) is 108 Å². The molecule has 0 aromatic heterocycles. The molecule has 0 saturated heterocycles. The van der Waals surface area contributed by atoms with Crippen molar-refractivity contribution >= 4 is 39.5 Å². The van der Waals surface area contributed by atoms with Crippen molar-refractivity contribution in [1.82, 2.24) is 0 Å². The van der Waals surface area contributed by atoms with Crippen LogP contribution in [0.1, 0.15) is 523 Å². The number of hydrogen-bond acceptors (Lipinski definition) is 15. The Balaban J connectivity index is 5.20. The van der Waals surface area contributed by atoms with Gasteiger partial charge in [-0.2, -0.15) is 0 Å². The predicted octanol–water partition coefficient (Wildman–Crippen LogP) is 30.1. The number of carbonyl (C=O) groups is 4. The second-order valence-corrected chi connectivity index (χ2v) is 37.9. The average molecular weight is 1680 g/mol. The second-order valence-electron chi connectivity index (χ2n) is 34.9. The molecule has 0 aliphatic heterocycles. The van der Waals surface area contributed by atoms with Gasteiger partial charge in [-0.3, -0.25) is 37.3 Å². The molecule has 0 aliphatic rings. The molecule has 7 atom stereocenters. The normalized spacial score (nSPS) is 14.1. The van der Waals surface area contributed by atoms with Gasteiger partial charge >= 0.3 is 39.5 Å². The minimum atomic E-state index is -4.97. The molecule has 0 rings (SSSR count). The lowest BCUT2D eigenvalue weighted by atomic mass is 9.99. The third-order valence-corrected chi connectivity index (χ3v) is 25.3. The molecule has 0 aliphatic carbocycles. The number of aliphatic hydroxyl groups is 1. The fourth-order valence-corrected chi connectivity index (χ4v) is 16.7. The topological polar surface area (TPSA) is 237 Å². The summed E-state index contributed by atoms with van der Waals surface area (Å²) in [6, 6.07) is 0. The molecule has 19 heteroatoms. The molecule has 0 heterocycles. The smallest absolute Gasteiger partial charge is 0.462 e. The number of hydrogen-bond donors (Lipinski definition) is 3. The molecule has 4 unspecified atom stereocenters. The van der Waals surface area contributed by atoms with E-state index in [1.54, 1.807) is 0 Å². The van der Waals surface area contributed by atoms with Crippen LogP contribution in [0, 0.1) is 11.8 Å². The summed E-state index contributed by atoms with van der Waals surface area (Å²) in [7, 11) is -9.94. The maximum atomic E-state index is 13.2. The highest BCUT2D eigenvalue weighted by atomic mass is 31.2. The Morgan fingerprint density at radius 3 is 0.617 bits per heavy atom. The zero-order chi connectivity index (χ0) is 84.1. The van der Waals surface area contributed by atoms with Crippen LogP contribution in [0.25, 0.3) is 0 Å². The van der Waals surface area contributed by atoms with Crippen LogP contribution in [-0.2, 0) is 65.4 Å². The van der Waals surface area contributed by atoms with Gasteiger partial charge < -0.3 is 33.8 Å². The fourth-order valence-electron chi connectivity index (χ4n) is 15.1. The summed E-state index contributed by atoms with van der Waals surface area (Å²) in [5.41, 5.74) is 0. The monoisotopic (exact) mass is 1680 g/mol. The number of esters is 4. The van der Waals surface area contributed by atoms with Gasteiger partial charge in [0.05, 0.1) is 26.4 Å². The van der Waals surface area contributed by atoms with Gasteiger partial charge in [-0.25, -0.2) is 9.13 Å². The summed E-state index contributed by atoms with van der Waals surface area (Å²) in [5, 5.41) is 10.7. The lowest BCUT2D eigenvalue weighted by Crippen LogP contribution is -2.30. The number of ether oxygens (including phenoxy) is 4. The van der Waals surface area contributed by atoms with E-state index in [2.05, 4.69) is 41.5 Å². The van der Waals surface area contributed by atoms with Crippen molar-refractivity contribution in [2.75, 3.05) is 39.6 Å². The van der Waals surface area contributed by atoms with Gasteiger partial charge in [0.25, 0.3) is 0 Å². The minimum Gasteiger partial charge on any atom is -0.462 e. The maximum absolute atomic E-state index is 13.2. The van der Waals surface area contributed by atoms with Crippen LogP contribution in [0.5, 0.6) is 0 Å². The lowest BCUT2D eigenvalue weighted by Gasteiger charge is -2.21. The minimum absolute atomic E-state index is 0.108. The highest BCUT2D eigenvalue weighted by molar-refractivity contribution is 7.47. The molecule has 0 saturated carbocycles. The molecule has 0 aromatic rings. The van der Waals surface area contributed by atoms with Crippen molar-refractivity contribution < 1.29 is 80.2 Å².